The van der Waals surface area contributed by atoms with Crippen molar-refractivity contribution in [3.05, 3.63) is 194 Å². The van der Waals surface area contributed by atoms with Gasteiger partial charge in [0.15, 0.2) is 0 Å². The number of hydrogen-bond donors (Lipinski definition) is 0. The van der Waals surface area contributed by atoms with E-state index < -0.39 is 0 Å². The average molecular weight is 777 g/mol. The first-order valence-electron chi connectivity index (χ1n) is 20.8. The summed E-state index contributed by atoms with van der Waals surface area (Å²) in [6.07, 6.45) is 0. The second-order valence-electron chi connectivity index (χ2n) is 16.3. The number of benzene rings is 11. The van der Waals surface area contributed by atoms with Crippen LogP contribution in [0.25, 0.3) is 142 Å². The standard InChI is InChI=1S/C58H32O3/c1-5-15-41-33(11-1)22-25-50-53(41)55-43-17-7-3-13-36(43)30-47(57(55)60-50)39-27-38(35-21-24-46-45-19-9-10-20-49(45)59-52(46)32-35)28-40(29-39)48-31-37-14-4-8-18-44(37)56-54-42-16-6-2-12-34(42)23-26-51(54)61-58(48)56/h1-32H. The summed E-state index contributed by atoms with van der Waals surface area (Å²) in [6.45, 7) is 0. The molecular formula is C58H32O3. The van der Waals surface area contributed by atoms with E-state index in [4.69, 9.17) is 13.3 Å². The van der Waals surface area contributed by atoms with E-state index in [1.54, 1.807) is 0 Å². The van der Waals surface area contributed by atoms with Crippen LogP contribution in [0.5, 0.6) is 0 Å². The predicted octanol–water partition coefficient (Wildman–Crippen LogP) is 17.0. The molecule has 0 aliphatic heterocycles. The molecule has 3 aromatic heterocycles. The highest BCUT2D eigenvalue weighted by molar-refractivity contribution is 6.30. The summed E-state index contributed by atoms with van der Waals surface area (Å²) in [4.78, 5) is 0. The molecule has 0 saturated carbocycles. The molecule has 0 aliphatic carbocycles. The molecule has 61 heavy (non-hydrogen) atoms. The van der Waals surface area contributed by atoms with Crippen LogP contribution in [0.2, 0.25) is 0 Å². The van der Waals surface area contributed by atoms with Gasteiger partial charge in [-0.15, -0.1) is 0 Å². The zero-order valence-corrected chi connectivity index (χ0v) is 32.7. The van der Waals surface area contributed by atoms with Crippen LogP contribution in [0.15, 0.2) is 207 Å². The van der Waals surface area contributed by atoms with Crippen LogP contribution < -0.4 is 0 Å². The molecular weight excluding hydrogens is 745 g/mol. The summed E-state index contributed by atoms with van der Waals surface area (Å²) < 4.78 is 20.5. The van der Waals surface area contributed by atoms with Crippen molar-refractivity contribution in [2.24, 2.45) is 0 Å². The molecule has 0 radical (unpaired) electrons. The third-order valence-corrected chi connectivity index (χ3v) is 13.0. The molecule has 3 heteroatoms. The SMILES string of the molecule is c1ccc2c(c1)ccc1oc3c(-c4cc(-c5ccc6c(c5)oc5ccccc56)cc(-c5cc6ccccc6c6c5oc5ccc7ccccc7c56)c4)cc4ccccc4c3c12. The van der Waals surface area contributed by atoms with E-state index in [0.717, 1.165) is 110 Å². The summed E-state index contributed by atoms with van der Waals surface area (Å²) >= 11 is 0. The van der Waals surface area contributed by atoms with Crippen molar-refractivity contribution in [1.29, 1.82) is 0 Å². The highest BCUT2D eigenvalue weighted by Gasteiger charge is 2.22. The molecule has 0 fully saturated rings. The van der Waals surface area contributed by atoms with Crippen LogP contribution in [0.4, 0.5) is 0 Å². The molecule has 14 rings (SSSR count). The Morgan fingerprint density at radius 2 is 0.672 bits per heavy atom. The quantitative estimate of drug-likeness (QED) is 0.179. The first-order chi connectivity index (χ1) is 30.2. The van der Waals surface area contributed by atoms with Crippen LogP contribution in [0, 0.1) is 0 Å². The van der Waals surface area contributed by atoms with Gasteiger partial charge in [0, 0.05) is 43.4 Å². The number of furan rings is 3. The van der Waals surface area contributed by atoms with Gasteiger partial charge >= 0.3 is 0 Å². The Kier molecular flexibility index (Phi) is 6.56. The molecule has 0 amide bonds. The van der Waals surface area contributed by atoms with E-state index in [1.165, 1.54) is 32.3 Å². The van der Waals surface area contributed by atoms with Gasteiger partial charge in [-0.3, -0.25) is 0 Å². The first-order valence-corrected chi connectivity index (χ1v) is 20.8. The average Bonchev–Trinajstić information content (AvgIpc) is 4.03. The van der Waals surface area contributed by atoms with Crippen molar-refractivity contribution in [1.82, 2.24) is 0 Å². The molecule has 14 aromatic rings. The first kappa shape index (κ1) is 32.8. The molecule has 0 spiro atoms. The Hall–Kier alpha value is -8.14. The smallest absolute Gasteiger partial charge is 0.143 e. The van der Waals surface area contributed by atoms with Gasteiger partial charge in [-0.1, -0.05) is 133 Å². The molecule has 11 aromatic carbocycles. The van der Waals surface area contributed by atoms with Gasteiger partial charge in [-0.25, -0.2) is 0 Å². The molecule has 0 atom stereocenters. The fraction of sp³-hybridized carbons (Fsp3) is 0. The lowest BCUT2D eigenvalue weighted by Crippen LogP contribution is -1.89. The Morgan fingerprint density at radius 1 is 0.230 bits per heavy atom. The second-order valence-corrected chi connectivity index (χ2v) is 16.3. The fourth-order valence-corrected chi connectivity index (χ4v) is 10.2. The van der Waals surface area contributed by atoms with Crippen molar-refractivity contribution in [3.8, 4) is 33.4 Å². The second kappa shape index (κ2) is 12.2. The summed E-state index contributed by atoms with van der Waals surface area (Å²) in [5, 5.41) is 16.2. The van der Waals surface area contributed by atoms with E-state index in [1.807, 2.05) is 12.1 Å². The van der Waals surface area contributed by atoms with E-state index in [9.17, 15) is 0 Å². The van der Waals surface area contributed by atoms with Crippen molar-refractivity contribution in [3.63, 3.8) is 0 Å². The maximum absolute atomic E-state index is 7.01. The lowest BCUT2D eigenvalue weighted by atomic mass is 9.89. The summed E-state index contributed by atoms with van der Waals surface area (Å²) in [5.41, 5.74) is 11.6. The highest BCUT2D eigenvalue weighted by atomic mass is 16.3. The molecule has 3 heterocycles. The zero-order chi connectivity index (χ0) is 39.8. The molecule has 0 saturated heterocycles. The number of fused-ring (bicyclic) bond motifs is 17. The number of hydrogen-bond acceptors (Lipinski definition) is 3. The van der Waals surface area contributed by atoms with E-state index in [-0.39, 0.29) is 0 Å². The third-order valence-electron chi connectivity index (χ3n) is 13.0. The van der Waals surface area contributed by atoms with Crippen LogP contribution in [0.3, 0.4) is 0 Å². The largest absolute Gasteiger partial charge is 0.456 e. The lowest BCUT2D eigenvalue weighted by molar-refractivity contribution is 0.669. The lowest BCUT2D eigenvalue weighted by Gasteiger charge is -2.14. The topological polar surface area (TPSA) is 39.4 Å². The maximum atomic E-state index is 7.01. The minimum Gasteiger partial charge on any atom is -0.456 e. The fourth-order valence-electron chi connectivity index (χ4n) is 10.2. The number of rotatable bonds is 3. The molecule has 0 unspecified atom stereocenters. The summed E-state index contributed by atoms with van der Waals surface area (Å²) in [6, 6.07) is 69.6. The minimum absolute atomic E-state index is 0.861. The van der Waals surface area contributed by atoms with E-state index >= 15 is 0 Å². The van der Waals surface area contributed by atoms with Crippen molar-refractivity contribution in [2.75, 3.05) is 0 Å². The highest BCUT2D eigenvalue weighted by Crippen LogP contribution is 2.48. The van der Waals surface area contributed by atoms with Gasteiger partial charge in [0.2, 0.25) is 0 Å². The van der Waals surface area contributed by atoms with Crippen LogP contribution in [-0.4, -0.2) is 0 Å². The Morgan fingerprint density at radius 3 is 1.23 bits per heavy atom. The predicted molar refractivity (Wildman–Crippen MR) is 255 cm³/mol. The Labute approximate surface area is 348 Å². The Bertz CT molecular complexity index is 3960. The summed E-state index contributed by atoms with van der Waals surface area (Å²) in [5.74, 6) is 0. The normalized spacial score (nSPS) is 12.3. The molecule has 3 nitrogen and oxygen atoms in total. The molecule has 0 N–H and O–H groups in total. The molecule has 0 bridgehead atoms. The van der Waals surface area contributed by atoms with Gasteiger partial charge in [0.1, 0.15) is 33.5 Å². The van der Waals surface area contributed by atoms with Crippen LogP contribution in [0.1, 0.15) is 0 Å². The van der Waals surface area contributed by atoms with Gasteiger partial charge in [-0.05, 0) is 126 Å². The van der Waals surface area contributed by atoms with E-state index in [0.29, 0.717) is 0 Å². The van der Waals surface area contributed by atoms with Gasteiger partial charge in [-0.2, -0.15) is 0 Å². The van der Waals surface area contributed by atoms with Crippen molar-refractivity contribution in [2.45, 2.75) is 0 Å². The zero-order valence-electron chi connectivity index (χ0n) is 32.7. The van der Waals surface area contributed by atoms with Gasteiger partial charge in [0.25, 0.3) is 0 Å². The van der Waals surface area contributed by atoms with Crippen molar-refractivity contribution >= 4 is 109 Å². The summed E-state index contributed by atoms with van der Waals surface area (Å²) in [7, 11) is 0. The minimum atomic E-state index is 0.861. The van der Waals surface area contributed by atoms with E-state index in [2.05, 4.69) is 182 Å². The number of para-hydroxylation sites is 1. The van der Waals surface area contributed by atoms with Crippen molar-refractivity contribution < 1.29 is 13.3 Å². The van der Waals surface area contributed by atoms with Gasteiger partial charge < -0.3 is 13.3 Å². The molecule has 282 valence electrons. The van der Waals surface area contributed by atoms with Crippen LogP contribution >= 0.6 is 0 Å². The van der Waals surface area contributed by atoms with Gasteiger partial charge in [0.05, 0.1) is 0 Å². The third kappa shape index (κ3) is 4.69. The van der Waals surface area contributed by atoms with Crippen LogP contribution in [-0.2, 0) is 0 Å². The monoisotopic (exact) mass is 776 g/mol. The molecule has 0 aliphatic rings. The maximum Gasteiger partial charge on any atom is 0.143 e. The Balaban J connectivity index is 1.11.